The van der Waals surface area contributed by atoms with Crippen LogP contribution in [-0.4, -0.2) is 23.0 Å². The molecule has 0 unspecified atom stereocenters. The van der Waals surface area contributed by atoms with Crippen LogP contribution in [0, 0.1) is 0 Å². The number of aromatic nitrogens is 3. The molecule has 0 amide bonds. The number of hydrogen-bond donors (Lipinski definition) is 0. The van der Waals surface area contributed by atoms with Crippen LogP contribution in [0.5, 0.6) is 0 Å². The van der Waals surface area contributed by atoms with E-state index in [-0.39, 0.29) is 51.8 Å². The topological polar surface area (TPSA) is 38.7 Å². The molecule has 8 aromatic carbocycles. The van der Waals surface area contributed by atoms with E-state index < -0.39 is 49.7 Å². The Morgan fingerprint density at radius 3 is 1.44 bits per heavy atom. The summed E-state index contributed by atoms with van der Waals surface area (Å²) in [4.78, 5) is 14.4. The van der Waals surface area contributed by atoms with Crippen LogP contribution in [-0.2, 0) is 5.41 Å². The molecule has 0 N–H and O–H groups in total. The second-order valence-corrected chi connectivity index (χ2v) is 20.9. The molecule has 1 aliphatic carbocycles. The minimum atomic E-state index is -1.64. The maximum atomic E-state index is 9.86. The molecule has 10 rings (SSSR count). The maximum Gasteiger partial charge on any atom is 0.164 e. The zero-order valence-electron chi connectivity index (χ0n) is 40.9. The van der Waals surface area contributed by atoms with Gasteiger partial charge in [-0.1, -0.05) is 213 Å². The highest BCUT2D eigenvalue weighted by Crippen LogP contribution is 2.56. The van der Waals surface area contributed by atoms with Crippen molar-refractivity contribution in [3.8, 4) is 67.5 Å². The minimum Gasteiger partial charge on any atom is -0.208 e. The molecule has 59 heavy (non-hydrogen) atoms. The van der Waals surface area contributed by atoms with Gasteiger partial charge in [-0.3, -0.25) is 0 Å². The molecular formula is C55H43N3Si. The lowest BCUT2D eigenvalue weighted by atomic mass is 9.67. The molecule has 0 fully saturated rings. The van der Waals surface area contributed by atoms with Gasteiger partial charge in [0.25, 0.3) is 0 Å². The SMILES string of the molecule is [2H]c1c([2H])c(-c2ccc3c(c2)C(c2ccccc2)(c2ccccc2)c2ccccc2-3)c([2H])c(-c2c([2H])c([2H])c([2H])c(-c3nc(-c4ccccc4)nc(-c4ccc([Si](C)(C)C)cc4)n3)c2[2H])c1[2H]. The summed E-state index contributed by atoms with van der Waals surface area (Å²) in [6.07, 6.45) is 0. The van der Waals surface area contributed by atoms with Gasteiger partial charge in [-0.05, 0) is 73.8 Å². The highest BCUT2D eigenvalue weighted by Gasteiger charge is 2.46. The smallest absolute Gasteiger partial charge is 0.164 e. The predicted molar refractivity (Wildman–Crippen MR) is 247 cm³/mol. The Kier molecular flexibility index (Phi) is 7.09. The van der Waals surface area contributed by atoms with Crippen LogP contribution >= 0.6 is 0 Å². The van der Waals surface area contributed by atoms with E-state index >= 15 is 0 Å². The molecule has 0 saturated heterocycles. The first-order valence-electron chi connectivity index (χ1n) is 23.7. The van der Waals surface area contributed by atoms with E-state index in [9.17, 15) is 9.60 Å². The summed E-state index contributed by atoms with van der Waals surface area (Å²) in [6.45, 7) is 6.78. The molecule has 0 bridgehead atoms. The Morgan fingerprint density at radius 1 is 0.407 bits per heavy atom. The van der Waals surface area contributed by atoms with Crippen LogP contribution in [0.4, 0.5) is 0 Å². The van der Waals surface area contributed by atoms with Gasteiger partial charge >= 0.3 is 0 Å². The molecule has 0 atom stereocenters. The van der Waals surface area contributed by atoms with E-state index in [4.69, 9.17) is 16.3 Å². The van der Waals surface area contributed by atoms with Gasteiger partial charge in [0.2, 0.25) is 0 Å². The zero-order chi connectivity index (χ0) is 46.9. The normalized spacial score (nSPS) is 14.7. The van der Waals surface area contributed by atoms with Crippen molar-refractivity contribution in [2.24, 2.45) is 0 Å². The molecule has 4 heteroatoms. The number of hydrogen-bond acceptors (Lipinski definition) is 3. The Bertz CT molecular complexity index is 3380. The lowest BCUT2D eigenvalue weighted by Gasteiger charge is -2.34. The molecule has 0 spiro atoms. The third kappa shape index (κ3) is 6.52. The fourth-order valence-electron chi connectivity index (χ4n) is 8.25. The fraction of sp³-hybridized carbons (Fsp3) is 0.0727. The quantitative estimate of drug-likeness (QED) is 0.144. The largest absolute Gasteiger partial charge is 0.208 e. The molecule has 282 valence electrons. The van der Waals surface area contributed by atoms with Crippen molar-refractivity contribution < 1.29 is 11.0 Å². The van der Waals surface area contributed by atoms with E-state index in [1.807, 2.05) is 109 Å². The van der Waals surface area contributed by atoms with Crippen LogP contribution in [0.3, 0.4) is 0 Å². The average molecular weight is 782 g/mol. The van der Waals surface area contributed by atoms with E-state index in [2.05, 4.69) is 68.2 Å². The van der Waals surface area contributed by atoms with Gasteiger partial charge in [0, 0.05) is 16.7 Å². The van der Waals surface area contributed by atoms with E-state index in [1.54, 1.807) is 0 Å². The van der Waals surface area contributed by atoms with Gasteiger partial charge in [0.05, 0.1) is 24.5 Å². The lowest BCUT2D eigenvalue weighted by molar-refractivity contribution is 0.769. The van der Waals surface area contributed by atoms with E-state index in [0.29, 0.717) is 16.7 Å². The van der Waals surface area contributed by atoms with Crippen LogP contribution < -0.4 is 5.19 Å². The molecular weight excluding hydrogens is 731 g/mol. The second kappa shape index (κ2) is 14.7. The van der Waals surface area contributed by atoms with Gasteiger partial charge in [-0.25, -0.2) is 15.0 Å². The number of benzene rings is 8. The molecule has 1 heterocycles. The number of fused-ring (bicyclic) bond motifs is 3. The Labute approximate surface area is 359 Å². The van der Waals surface area contributed by atoms with E-state index in [0.717, 1.165) is 33.4 Å². The first-order chi connectivity index (χ1) is 32.2. The molecule has 0 saturated carbocycles. The summed E-state index contributed by atoms with van der Waals surface area (Å²) in [5.74, 6) is 0.472. The van der Waals surface area contributed by atoms with Crippen LogP contribution in [0.1, 0.15) is 33.2 Å². The van der Waals surface area contributed by atoms with Crippen molar-refractivity contribution in [3.05, 3.63) is 228 Å². The fourth-order valence-corrected chi connectivity index (χ4v) is 9.41. The van der Waals surface area contributed by atoms with Gasteiger partial charge in [0.1, 0.15) is 0 Å². The Hall–Kier alpha value is -7.01. The van der Waals surface area contributed by atoms with Gasteiger partial charge in [-0.15, -0.1) is 0 Å². The van der Waals surface area contributed by atoms with Crippen molar-refractivity contribution in [1.82, 2.24) is 15.0 Å². The maximum absolute atomic E-state index is 9.86. The second-order valence-electron chi connectivity index (χ2n) is 15.8. The zero-order valence-corrected chi connectivity index (χ0v) is 33.9. The summed E-state index contributed by atoms with van der Waals surface area (Å²) < 4.78 is 75.0. The van der Waals surface area contributed by atoms with Gasteiger partial charge < -0.3 is 0 Å². The number of rotatable bonds is 8. The molecule has 3 nitrogen and oxygen atoms in total. The third-order valence-corrected chi connectivity index (χ3v) is 13.2. The van der Waals surface area contributed by atoms with Crippen molar-refractivity contribution in [1.29, 1.82) is 0 Å². The summed E-state index contributed by atoms with van der Waals surface area (Å²) in [5, 5.41) is 1.24. The van der Waals surface area contributed by atoms with Crippen molar-refractivity contribution in [2.75, 3.05) is 0 Å². The first kappa shape index (κ1) is 28.4. The van der Waals surface area contributed by atoms with Crippen molar-refractivity contribution >= 4 is 13.3 Å². The third-order valence-electron chi connectivity index (χ3n) is 11.1. The van der Waals surface area contributed by atoms with Crippen molar-refractivity contribution in [3.63, 3.8) is 0 Å². The minimum absolute atomic E-state index is 0.0437. The standard InChI is InChI=1S/C55H43N3Si/c1-59(2,3)47-32-29-39(30-33-47)53-56-52(38-17-7-4-8-18-38)57-54(58-53)44-22-16-21-42(36-44)40-19-15-20-41(35-40)43-31-34-49-48-27-13-14-28-50(48)55(51(49)37-43,45-23-9-5-10-24-45)46-25-11-6-12-26-46/h4-37H,1-3H3/i15D,16D,19D,20D,21D,22D,35D,36D. The van der Waals surface area contributed by atoms with Crippen LogP contribution in [0.2, 0.25) is 19.6 Å². The molecule has 0 radical (unpaired) electrons. The first-order valence-corrected chi connectivity index (χ1v) is 23.2. The van der Waals surface area contributed by atoms with Gasteiger partial charge in [0.15, 0.2) is 17.5 Å². The summed E-state index contributed by atoms with van der Waals surface area (Å²) in [5.41, 5.74) is 6.36. The van der Waals surface area contributed by atoms with Gasteiger partial charge in [-0.2, -0.15) is 0 Å². The molecule has 0 aliphatic heterocycles. The monoisotopic (exact) mass is 781 g/mol. The number of nitrogens with zero attached hydrogens (tertiary/aromatic N) is 3. The highest BCUT2D eigenvalue weighted by atomic mass is 28.3. The van der Waals surface area contributed by atoms with E-state index in [1.165, 1.54) is 5.19 Å². The predicted octanol–water partition coefficient (Wildman–Crippen LogP) is 13.1. The van der Waals surface area contributed by atoms with Crippen molar-refractivity contribution in [2.45, 2.75) is 25.1 Å². The van der Waals surface area contributed by atoms with Crippen LogP contribution in [0.25, 0.3) is 67.5 Å². The summed E-state index contributed by atoms with van der Waals surface area (Å²) in [7, 11) is -1.64. The average Bonchev–Trinajstić information content (AvgIpc) is 3.64. The summed E-state index contributed by atoms with van der Waals surface area (Å²) >= 11 is 0. The van der Waals surface area contributed by atoms with Crippen LogP contribution in [0.15, 0.2) is 206 Å². The summed E-state index contributed by atoms with van der Waals surface area (Å²) in [6, 6.07) is 48.0. The lowest BCUT2D eigenvalue weighted by Crippen LogP contribution is -2.37. The highest BCUT2D eigenvalue weighted by molar-refractivity contribution is 6.88. The Balaban J connectivity index is 1.20. The Morgan fingerprint density at radius 2 is 0.847 bits per heavy atom. The molecule has 1 aliphatic rings. The molecule has 9 aromatic rings. The molecule has 1 aromatic heterocycles.